The molecule has 4 heterocycles. The Balaban J connectivity index is 0.902. The number of aromatic nitrogens is 4. The van der Waals surface area contributed by atoms with Crippen LogP contribution >= 0.6 is 0 Å². The number of piperidine rings is 1. The summed E-state index contributed by atoms with van der Waals surface area (Å²) >= 11 is 0. The lowest BCUT2D eigenvalue weighted by Crippen LogP contribution is -2.54. The average molecular weight is 873 g/mol. The van der Waals surface area contributed by atoms with E-state index in [0.717, 1.165) is 49.6 Å². The Hall–Kier alpha value is -6.12. The number of carbonyl (C=O) groups is 4. The van der Waals surface area contributed by atoms with Crippen LogP contribution < -0.4 is 5.32 Å². The van der Waals surface area contributed by atoms with Gasteiger partial charge in [0.2, 0.25) is 18.2 Å². The van der Waals surface area contributed by atoms with E-state index in [-0.39, 0.29) is 64.2 Å². The van der Waals surface area contributed by atoms with Crippen LogP contribution in [0.3, 0.4) is 0 Å². The Morgan fingerprint density at radius 2 is 1.59 bits per heavy atom. The van der Waals surface area contributed by atoms with Crippen LogP contribution in [0.15, 0.2) is 60.8 Å². The van der Waals surface area contributed by atoms with Crippen molar-refractivity contribution in [2.45, 2.75) is 102 Å². The van der Waals surface area contributed by atoms with E-state index in [1.165, 1.54) is 18.1 Å². The highest BCUT2D eigenvalue weighted by atomic mass is 19.3. The van der Waals surface area contributed by atoms with Crippen molar-refractivity contribution in [3.05, 3.63) is 83.6 Å². The van der Waals surface area contributed by atoms with Gasteiger partial charge in [0.1, 0.15) is 23.7 Å². The van der Waals surface area contributed by atoms with Gasteiger partial charge >= 0.3 is 6.09 Å². The van der Waals surface area contributed by atoms with Crippen LogP contribution in [0, 0.1) is 23.2 Å². The molecular formula is C49H54F2N8O5. The molecule has 3 aromatic carbocycles. The zero-order chi connectivity index (χ0) is 45.0. The molecule has 2 saturated carbocycles. The fourth-order valence-corrected chi connectivity index (χ4v) is 11.3. The number of hydrogen-bond acceptors (Lipinski definition) is 7. The number of alkyl carbamates (subject to hydrolysis) is 1. The smallest absolute Gasteiger partial charge is 0.407 e. The minimum atomic E-state index is -3.28. The number of methoxy groups -OCH3 is 1. The first kappa shape index (κ1) is 41.9. The normalized spacial score (nSPS) is 23.2. The average Bonchev–Trinajstić information content (AvgIpc) is 3.94. The largest absolute Gasteiger partial charge is 0.453 e. The Labute approximate surface area is 370 Å². The van der Waals surface area contributed by atoms with Crippen molar-refractivity contribution < 1.29 is 32.7 Å². The van der Waals surface area contributed by atoms with Crippen molar-refractivity contribution in [3.63, 3.8) is 0 Å². The molecule has 1 spiro atoms. The number of benzene rings is 3. The van der Waals surface area contributed by atoms with Crippen LogP contribution in [0.5, 0.6) is 0 Å². The van der Waals surface area contributed by atoms with Gasteiger partial charge in [-0.1, -0.05) is 58.0 Å². The molecule has 2 aromatic heterocycles. The first-order chi connectivity index (χ1) is 30.6. The first-order valence-electron chi connectivity index (χ1n) is 22.5. The number of alkyl halides is 2. The number of aromatic amines is 2. The van der Waals surface area contributed by atoms with Crippen LogP contribution in [0.4, 0.5) is 13.6 Å². The third kappa shape index (κ3) is 6.75. The van der Waals surface area contributed by atoms with Crippen molar-refractivity contribution in [2.75, 3.05) is 20.7 Å². The van der Waals surface area contributed by atoms with E-state index in [9.17, 15) is 19.2 Å². The highest BCUT2D eigenvalue weighted by molar-refractivity contribution is 5.89. The fraction of sp³-hybridized carbons (Fsp3) is 0.469. The molecule has 2 aliphatic heterocycles. The Kier molecular flexibility index (Phi) is 9.98. The Morgan fingerprint density at radius 3 is 2.27 bits per heavy atom. The van der Waals surface area contributed by atoms with Gasteiger partial charge in [-0.25, -0.2) is 14.8 Å². The molecule has 10 rings (SSSR count). The molecule has 0 radical (unpaired) electrons. The molecule has 15 heteroatoms. The highest BCUT2D eigenvalue weighted by Gasteiger charge is 2.56. The molecule has 3 aliphatic carbocycles. The number of ether oxygens (including phenoxy) is 1. The lowest BCUT2D eigenvalue weighted by molar-refractivity contribution is -0.143. The summed E-state index contributed by atoms with van der Waals surface area (Å²) in [5.41, 5.74) is 4.82. The molecule has 3 N–H and O–H groups in total. The Bertz CT molecular complexity index is 2710. The van der Waals surface area contributed by atoms with Gasteiger partial charge in [-0.3, -0.25) is 14.4 Å². The number of fused-ring (bicyclic) bond motifs is 6. The van der Waals surface area contributed by atoms with Crippen LogP contribution in [-0.2, 0) is 25.0 Å². The summed E-state index contributed by atoms with van der Waals surface area (Å²) < 4.78 is 38.2. The monoisotopic (exact) mass is 872 g/mol. The molecule has 13 nitrogen and oxygen atoms in total. The van der Waals surface area contributed by atoms with Crippen molar-refractivity contribution in [3.8, 4) is 33.5 Å². The van der Waals surface area contributed by atoms with Crippen molar-refractivity contribution >= 4 is 35.4 Å². The highest BCUT2D eigenvalue weighted by Crippen LogP contribution is 2.59. The van der Waals surface area contributed by atoms with E-state index >= 15 is 8.78 Å². The van der Waals surface area contributed by atoms with Crippen molar-refractivity contribution in [1.29, 1.82) is 0 Å². The quantitative estimate of drug-likeness (QED) is 0.113. The number of halogens is 2. The topological polar surface area (TPSA) is 157 Å². The molecule has 64 heavy (non-hydrogen) atoms. The summed E-state index contributed by atoms with van der Waals surface area (Å²) in [4.78, 5) is 73.7. The SMILES string of the molecule is COC(=O)N[C@H](C(=O)N1[C@@H]2CC[C@@H](C2)[C@H]1c1nc2ccc(-c3ccc4c(c3)C(F)(F)c3cc(-c5cnc([C@@H]6CC7(CC7)CN6C(=O)[C@H](C(C)C)N(C)C=O)[nH]5)ccc3-4)cc2[nH]1)C(C)C. The van der Waals surface area contributed by atoms with Crippen LogP contribution in [0.25, 0.3) is 44.5 Å². The molecule has 5 aliphatic rings. The van der Waals surface area contributed by atoms with Crippen molar-refractivity contribution in [2.24, 2.45) is 23.2 Å². The summed E-state index contributed by atoms with van der Waals surface area (Å²) in [6.45, 7) is 8.25. The van der Waals surface area contributed by atoms with Gasteiger partial charge in [-0.05, 0) is 108 Å². The number of likely N-dealkylation sites (N-methyl/N-ethyl adjacent to an activating group) is 1. The van der Waals surface area contributed by atoms with E-state index in [1.807, 2.05) is 67.8 Å². The minimum absolute atomic E-state index is 0.0464. The van der Waals surface area contributed by atoms with Gasteiger partial charge in [0.05, 0.1) is 42.1 Å². The van der Waals surface area contributed by atoms with Gasteiger partial charge in [-0.15, -0.1) is 0 Å². The van der Waals surface area contributed by atoms with E-state index in [2.05, 4.69) is 15.3 Å². The lowest BCUT2D eigenvalue weighted by Gasteiger charge is -2.37. The van der Waals surface area contributed by atoms with Crippen LogP contribution in [0.2, 0.25) is 0 Å². The number of amides is 4. The second kappa shape index (κ2) is 15.3. The maximum absolute atomic E-state index is 16.7. The van der Waals surface area contributed by atoms with E-state index in [4.69, 9.17) is 14.7 Å². The second-order valence-corrected chi connectivity index (χ2v) is 19.6. The number of rotatable bonds is 11. The summed E-state index contributed by atoms with van der Waals surface area (Å²) in [6.07, 6.45) is 7.24. The second-order valence-electron chi connectivity index (χ2n) is 19.6. The molecule has 5 aromatic rings. The summed E-state index contributed by atoms with van der Waals surface area (Å²) in [5.74, 6) is -2.28. The molecule has 4 amide bonds. The van der Waals surface area contributed by atoms with Gasteiger partial charge in [0.15, 0.2) is 0 Å². The number of hydrogen-bond donors (Lipinski definition) is 3. The third-order valence-electron chi connectivity index (χ3n) is 14.8. The molecule has 4 fully saturated rings. The predicted molar refractivity (Wildman–Crippen MR) is 236 cm³/mol. The predicted octanol–water partition coefficient (Wildman–Crippen LogP) is 8.34. The van der Waals surface area contributed by atoms with Crippen LogP contribution in [-0.4, -0.2) is 97.8 Å². The summed E-state index contributed by atoms with van der Waals surface area (Å²) in [7, 11) is 2.91. The number of nitrogens with one attached hydrogen (secondary N) is 3. The number of carbonyl (C=O) groups excluding carboxylic acids is 4. The standard InChI is InChI=1S/C49H54F2N8O5/c1-25(2)40(56-47(63)64-6)45(61)59-31-11-7-30(17-31)42(59)44-53-36-14-10-28(20-37(36)54-44)27-8-12-32-33-13-9-29(19-35(33)49(50,51)34(32)18-27)38-22-52-43(55-38)39-21-48(15-16-48)23-58(39)46(62)41(26(3)4)57(5)24-60/h8-10,12-14,18-20,22,24-26,30-31,39-42H,7,11,15-17,21,23H2,1-6H3,(H,52,55)(H,53,54)(H,56,63)/t30-,31+,39-,40-,41-,42-/m0/s1. The van der Waals surface area contributed by atoms with Gasteiger partial charge in [0, 0.05) is 36.3 Å². The lowest BCUT2D eigenvalue weighted by atomic mass is 9.95. The maximum atomic E-state index is 16.7. The van der Waals surface area contributed by atoms with E-state index < -0.39 is 24.1 Å². The number of imidazole rings is 2. The molecular weight excluding hydrogens is 819 g/mol. The number of likely N-dealkylation sites (tertiary alicyclic amines) is 2. The van der Waals surface area contributed by atoms with Gasteiger partial charge in [0.25, 0.3) is 5.92 Å². The molecule has 0 unspecified atom stereocenters. The molecule has 334 valence electrons. The number of H-pyrrole nitrogens is 2. The molecule has 6 atom stereocenters. The Morgan fingerprint density at radius 1 is 0.906 bits per heavy atom. The van der Waals surface area contributed by atoms with Gasteiger partial charge in [-0.2, -0.15) is 8.78 Å². The zero-order valence-electron chi connectivity index (χ0n) is 37.0. The van der Waals surface area contributed by atoms with Crippen molar-refractivity contribution in [1.82, 2.24) is 40.0 Å². The van der Waals surface area contributed by atoms with E-state index in [1.54, 1.807) is 31.4 Å². The maximum Gasteiger partial charge on any atom is 0.407 e. The fourth-order valence-electron chi connectivity index (χ4n) is 11.3. The minimum Gasteiger partial charge on any atom is -0.453 e. The molecule has 2 bridgehead atoms. The summed E-state index contributed by atoms with van der Waals surface area (Å²) in [5, 5.41) is 2.73. The zero-order valence-corrected chi connectivity index (χ0v) is 37.0. The van der Waals surface area contributed by atoms with Gasteiger partial charge < -0.3 is 34.7 Å². The summed E-state index contributed by atoms with van der Waals surface area (Å²) in [6, 6.07) is 14.1. The molecule has 2 saturated heterocycles. The number of nitrogens with zero attached hydrogens (tertiary/aromatic N) is 5. The van der Waals surface area contributed by atoms with Crippen LogP contribution in [0.1, 0.15) is 101 Å². The van der Waals surface area contributed by atoms with E-state index in [0.29, 0.717) is 58.1 Å². The third-order valence-corrected chi connectivity index (χ3v) is 14.8. The first-order valence-corrected chi connectivity index (χ1v) is 22.5.